The molecule has 0 bridgehead atoms. The highest BCUT2D eigenvalue weighted by atomic mass is 16.2. The van der Waals surface area contributed by atoms with Gasteiger partial charge in [0.2, 0.25) is 0 Å². The lowest BCUT2D eigenvalue weighted by Crippen LogP contribution is -2.36. The molecule has 25 heavy (non-hydrogen) atoms. The van der Waals surface area contributed by atoms with Gasteiger partial charge in [0.25, 0.3) is 5.91 Å². The molecule has 134 valence electrons. The average molecular weight is 339 g/mol. The normalized spacial score (nSPS) is 15.0. The van der Waals surface area contributed by atoms with Crippen LogP contribution in [0.25, 0.3) is 5.69 Å². The van der Waals surface area contributed by atoms with E-state index >= 15 is 0 Å². The van der Waals surface area contributed by atoms with E-state index in [-0.39, 0.29) is 11.8 Å². The highest BCUT2D eigenvalue weighted by Crippen LogP contribution is 2.28. The first kappa shape index (κ1) is 17.7. The molecule has 0 radical (unpaired) electrons. The van der Waals surface area contributed by atoms with E-state index in [1.54, 1.807) is 0 Å². The zero-order valence-electron chi connectivity index (χ0n) is 15.9. The Morgan fingerprint density at radius 3 is 2.52 bits per heavy atom. The number of benzene rings is 1. The third-order valence-electron chi connectivity index (χ3n) is 4.99. The predicted octanol–water partition coefficient (Wildman–Crippen LogP) is 4.49. The van der Waals surface area contributed by atoms with Gasteiger partial charge in [0.05, 0.1) is 22.6 Å². The molecule has 1 fully saturated rings. The van der Waals surface area contributed by atoms with Crippen LogP contribution in [0.5, 0.6) is 0 Å². The van der Waals surface area contributed by atoms with Gasteiger partial charge in [0.1, 0.15) is 0 Å². The number of rotatable bonds is 4. The number of aromatic nitrogens is 2. The van der Waals surface area contributed by atoms with Gasteiger partial charge in [-0.05, 0) is 56.2 Å². The molecule has 0 N–H and O–H groups in total. The number of carbonyl (C=O) groups excluding carboxylic acids is 1. The Morgan fingerprint density at radius 2 is 1.92 bits per heavy atom. The fourth-order valence-electron chi connectivity index (χ4n) is 3.66. The predicted molar refractivity (Wildman–Crippen MR) is 102 cm³/mol. The summed E-state index contributed by atoms with van der Waals surface area (Å²) in [6, 6.07) is 8.33. The van der Waals surface area contributed by atoms with E-state index in [1.165, 1.54) is 12.0 Å². The number of hydrogen-bond acceptors (Lipinski definition) is 2. The van der Waals surface area contributed by atoms with E-state index in [9.17, 15) is 4.79 Å². The zero-order valence-corrected chi connectivity index (χ0v) is 15.9. The van der Waals surface area contributed by atoms with Crippen molar-refractivity contribution in [3.05, 3.63) is 46.8 Å². The van der Waals surface area contributed by atoms with Crippen molar-refractivity contribution in [1.82, 2.24) is 14.7 Å². The highest BCUT2D eigenvalue weighted by molar-refractivity contribution is 5.97. The SMILES string of the molecule is CCc1c(C(=O)N2CCCCC2)c(C(C)C)nn1-c1cccc(C)c1. The summed E-state index contributed by atoms with van der Waals surface area (Å²) in [6.45, 7) is 10.2. The van der Waals surface area contributed by atoms with Crippen LogP contribution in [0.4, 0.5) is 0 Å². The van der Waals surface area contributed by atoms with E-state index in [0.29, 0.717) is 0 Å². The molecular formula is C21H29N3O. The lowest BCUT2D eigenvalue weighted by atomic mass is 10.0. The van der Waals surface area contributed by atoms with E-state index < -0.39 is 0 Å². The molecule has 4 nitrogen and oxygen atoms in total. The molecule has 3 rings (SSSR count). The van der Waals surface area contributed by atoms with Crippen molar-refractivity contribution in [3.63, 3.8) is 0 Å². The second-order valence-corrected chi connectivity index (χ2v) is 7.32. The van der Waals surface area contributed by atoms with Crippen molar-refractivity contribution in [2.45, 2.75) is 59.3 Å². The van der Waals surface area contributed by atoms with Crippen molar-refractivity contribution in [2.24, 2.45) is 0 Å². The van der Waals surface area contributed by atoms with Crippen molar-refractivity contribution < 1.29 is 4.79 Å². The largest absolute Gasteiger partial charge is 0.339 e. The van der Waals surface area contributed by atoms with Crippen LogP contribution in [0, 0.1) is 6.92 Å². The first-order valence-corrected chi connectivity index (χ1v) is 9.51. The first-order valence-electron chi connectivity index (χ1n) is 9.51. The zero-order chi connectivity index (χ0) is 18.0. The minimum Gasteiger partial charge on any atom is -0.339 e. The van der Waals surface area contributed by atoms with Gasteiger partial charge in [0.15, 0.2) is 0 Å². The molecule has 1 saturated heterocycles. The summed E-state index contributed by atoms with van der Waals surface area (Å²) in [5, 5.41) is 4.88. The number of aryl methyl sites for hydroxylation is 1. The molecule has 0 atom stereocenters. The van der Waals surface area contributed by atoms with Crippen LogP contribution in [0.2, 0.25) is 0 Å². The van der Waals surface area contributed by atoms with Crippen LogP contribution >= 0.6 is 0 Å². The number of carbonyl (C=O) groups is 1. The Morgan fingerprint density at radius 1 is 1.20 bits per heavy atom. The Bertz CT molecular complexity index is 754. The second kappa shape index (κ2) is 7.42. The first-order chi connectivity index (χ1) is 12.0. The summed E-state index contributed by atoms with van der Waals surface area (Å²) in [5.41, 5.74) is 5.03. The molecule has 2 heterocycles. The summed E-state index contributed by atoms with van der Waals surface area (Å²) < 4.78 is 1.99. The van der Waals surface area contributed by atoms with Gasteiger partial charge in [-0.15, -0.1) is 0 Å². The van der Waals surface area contributed by atoms with Gasteiger partial charge in [-0.25, -0.2) is 4.68 Å². The second-order valence-electron chi connectivity index (χ2n) is 7.32. The lowest BCUT2D eigenvalue weighted by Gasteiger charge is -2.27. The molecule has 0 spiro atoms. The summed E-state index contributed by atoms with van der Waals surface area (Å²) in [5.74, 6) is 0.388. The molecule has 0 unspecified atom stereocenters. The van der Waals surface area contributed by atoms with Crippen molar-refractivity contribution in [2.75, 3.05) is 13.1 Å². The Balaban J connectivity index is 2.11. The summed E-state index contributed by atoms with van der Waals surface area (Å²) >= 11 is 0. The van der Waals surface area contributed by atoms with Gasteiger partial charge in [-0.3, -0.25) is 4.79 Å². The molecule has 2 aromatic rings. The van der Waals surface area contributed by atoms with Gasteiger partial charge in [-0.1, -0.05) is 32.9 Å². The monoisotopic (exact) mass is 339 g/mol. The van der Waals surface area contributed by atoms with Crippen molar-refractivity contribution in [3.8, 4) is 5.69 Å². The number of nitrogens with zero attached hydrogens (tertiary/aromatic N) is 3. The Labute approximate surface area is 150 Å². The molecule has 1 aromatic heterocycles. The standard InChI is InChI=1S/C21H29N3O/c1-5-18-19(21(25)23-12-7-6-8-13-23)20(15(2)3)22-24(18)17-11-9-10-16(4)14-17/h9-11,14-15H,5-8,12-13H2,1-4H3. The fourth-order valence-corrected chi connectivity index (χ4v) is 3.66. The topological polar surface area (TPSA) is 38.1 Å². The van der Waals surface area contributed by atoms with E-state index in [0.717, 1.165) is 55.0 Å². The van der Waals surface area contributed by atoms with Gasteiger partial charge < -0.3 is 4.90 Å². The van der Waals surface area contributed by atoms with Crippen LogP contribution in [-0.2, 0) is 6.42 Å². The van der Waals surface area contributed by atoms with Gasteiger partial charge in [-0.2, -0.15) is 5.10 Å². The number of likely N-dealkylation sites (tertiary alicyclic amines) is 1. The number of amides is 1. The molecule has 1 aliphatic rings. The van der Waals surface area contributed by atoms with Crippen molar-refractivity contribution >= 4 is 5.91 Å². The third-order valence-corrected chi connectivity index (χ3v) is 4.99. The van der Waals surface area contributed by atoms with Crippen LogP contribution < -0.4 is 0 Å². The molecular weight excluding hydrogens is 310 g/mol. The van der Waals surface area contributed by atoms with Gasteiger partial charge >= 0.3 is 0 Å². The van der Waals surface area contributed by atoms with E-state index in [2.05, 4.69) is 45.9 Å². The smallest absolute Gasteiger partial charge is 0.257 e. The van der Waals surface area contributed by atoms with Crippen LogP contribution in [-0.4, -0.2) is 33.7 Å². The minimum absolute atomic E-state index is 0.166. The average Bonchev–Trinajstić information content (AvgIpc) is 3.01. The molecule has 1 aliphatic heterocycles. The maximum Gasteiger partial charge on any atom is 0.257 e. The van der Waals surface area contributed by atoms with Gasteiger partial charge in [0, 0.05) is 13.1 Å². The molecule has 1 aromatic carbocycles. The number of piperidine rings is 1. The van der Waals surface area contributed by atoms with E-state index in [1.807, 2.05) is 15.6 Å². The lowest BCUT2D eigenvalue weighted by molar-refractivity contribution is 0.0721. The Kier molecular flexibility index (Phi) is 5.26. The summed E-state index contributed by atoms with van der Waals surface area (Å²) in [6.07, 6.45) is 4.24. The third kappa shape index (κ3) is 3.48. The Hall–Kier alpha value is -2.10. The molecule has 0 saturated carbocycles. The quantitative estimate of drug-likeness (QED) is 0.823. The summed E-state index contributed by atoms with van der Waals surface area (Å²) in [7, 11) is 0. The van der Waals surface area contributed by atoms with Crippen LogP contribution in [0.15, 0.2) is 24.3 Å². The van der Waals surface area contributed by atoms with Crippen molar-refractivity contribution in [1.29, 1.82) is 0 Å². The fraction of sp³-hybridized carbons (Fsp3) is 0.524. The van der Waals surface area contributed by atoms with Crippen LogP contribution in [0.1, 0.15) is 73.3 Å². The maximum absolute atomic E-state index is 13.3. The van der Waals surface area contributed by atoms with Crippen LogP contribution in [0.3, 0.4) is 0 Å². The minimum atomic E-state index is 0.166. The highest BCUT2D eigenvalue weighted by Gasteiger charge is 2.29. The summed E-state index contributed by atoms with van der Waals surface area (Å²) in [4.78, 5) is 15.3. The number of hydrogen-bond donors (Lipinski definition) is 0. The van der Waals surface area contributed by atoms with E-state index in [4.69, 9.17) is 5.10 Å². The maximum atomic E-state index is 13.3. The molecule has 4 heteroatoms. The molecule has 0 aliphatic carbocycles. The molecule has 1 amide bonds.